The monoisotopic (exact) mass is 381 g/mol. The second-order valence-corrected chi connectivity index (χ2v) is 7.27. The van der Waals surface area contributed by atoms with Crippen molar-refractivity contribution in [3.05, 3.63) is 88.1 Å². The molecule has 0 spiro atoms. The highest BCUT2D eigenvalue weighted by molar-refractivity contribution is 7.10. The SMILES string of the molecule is COc1ccc(CCNC(=O)C[NH2+][C@@H](c2ccccc2)c2cccs2)cc1. The molecule has 0 unspecified atom stereocenters. The van der Waals surface area contributed by atoms with Crippen LogP contribution in [0.5, 0.6) is 5.75 Å². The van der Waals surface area contributed by atoms with E-state index >= 15 is 0 Å². The van der Waals surface area contributed by atoms with E-state index in [0.717, 1.165) is 12.2 Å². The Balaban J connectivity index is 1.49. The molecule has 3 rings (SSSR count). The van der Waals surface area contributed by atoms with Crippen molar-refractivity contribution in [2.24, 2.45) is 0 Å². The second-order valence-electron chi connectivity index (χ2n) is 6.29. The Morgan fingerprint density at radius 2 is 1.85 bits per heavy atom. The molecule has 0 bridgehead atoms. The predicted molar refractivity (Wildman–Crippen MR) is 109 cm³/mol. The number of methoxy groups -OCH3 is 1. The molecule has 140 valence electrons. The first-order valence-corrected chi connectivity index (χ1v) is 9.95. The molecule has 1 atom stereocenters. The summed E-state index contributed by atoms with van der Waals surface area (Å²) < 4.78 is 5.16. The lowest BCUT2D eigenvalue weighted by Crippen LogP contribution is -2.87. The van der Waals surface area contributed by atoms with Gasteiger partial charge in [0.1, 0.15) is 11.8 Å². The molecule has 0 aliphatic rings. The lowest BCUT2D eigenvalue weighted by molar-refractivity contribution is -0.676. The third-order valence-corrected chi connectivity index (χ3v) is 5.40. The molecule has 2 aromatic carbocycles. The maximum Gasteiger partial charge on any atom is 0.275 e. The van der Waals surface area contributed by atoms with Crippen molar-refractivity contribution in [3.8, 4) is 5.75 Å². The molecule has 0 fully saturated rings. The van der Waals surface area contributed by atoms with Crippen molar-refractivity contribution in [2.45, 2.75) is 12.5 Å². The summed E-state index contributed by atoms with van der Waals surface area (Å²) in [5, 5.41) is 7.19. The van der Waals surface area contributed by atoms with E-state index in [2.05, 4.69) is 40.3 Å². The van der Waals surface area contributed by atoms with E-state index in [-0.39, 0.29) is 11.9 Å². The maximum atomic E-state index is 12.3. The predicted octanol–water partition coefficient (Wildman–Crippen LogP) is 2.77. The Kier molecular flexibility index (Phi) is 7.02. The number of hydrogen-bond donors (Lipinski definition) is 2. The van der Waals surface area contributed by atoms with E-state index in [1.165, 1.54) is 16.0 Å². The molecular weight excluding hydrogens is 356 g/mol. The Labute approximate surface area is 164 Å². The van der Waals surface area contributed by atoms with Gasteiger partial charge in [0.25, 0.3) is 5.91 Å². The molecule has 0 radical (unpaired) electrons. The van der Waals surface area contributed by atoms with Gasteiger partial charge in [-0.15, -0.1) is 11.3 Å². The van der Waals surface area contributed by atoms with Gasteiger partial charge in [0.05, 0.1) is 12.0 Å². The lowest BCUT2D eigenvalue weighted by Gasteiger charge is -2.14. The fourth-order valence-corrected chi connectivity index (χ4v) is 3.83. The zero-order chi connectivity index (χ0) is 18.9. The summed E-state index contributed by atoms with van der Waals surface area (Å²) in [5.74, 6) is 0.902. The van der Waals surface area contributed by atoms with Crippen LogP contribution >= 0.6 is 11.3 Å². The molecule has 27 heavy (non-hydrogen) atoms. The smallest absolute Gasteiger partial charge is 0.275 e. The van der Waals surface area contributed by atoms with Crippen LogP contribution in [0, 0.1) is 0 Å². The number of carbonyl (C=O) groups is 1. The van der Waals surface area contributed by atoms with Gasteiger partial charge in [0, 0.05) is 12.1 Å². The summed E-state index contributed by atoms with van der Waals surface area (Å²) in [6, 6.07) is 22.6. The van der Waals surface area contributed by atoms with E-state index in [4.69, 9.17) is 4.74 Å². The van der Waals surface area contributed by atoms with Crippen LogP contribution in [-0.4, -0.2) is 26.1 Å². The van der Waals surface area contributed by atoms with Gasteiger partial charge < -0.3 is 15.4 Å². The number of nitrogens with two attached hydrogens (primary N) is 1. The molecular formula is C22H25N2O2S+. The highest BCUT2D eigenvalue weighted by Gasteiger charge is 2.19. The largest absolute Gasteiger partial charge is 0.497 e. The van der Waals surface area contributed by atoms with Crippen molar-refractivity contribution in [1.29, 1.82) is 0 Å². The van der Waals surface area contributed by atoms with Gasteiger partial charge in [0.15, 0.2) is 6.54 Å². The number of rotatable bonds is 9. The van der Waals surface area contributed by atoms with Gasteiger partial charge in [-0.25, -0.2) is 0 Å². The summed E-state index contributed by atoms with van der Waals surface area (Å²) in [6.45, 7) is 1.04. The van der Waals surface area contributed by atoms with Crippen LogP contribution in [0.1, 0.15) is 22.0 Å². The van der Waals surface area contributed by atoms with E-state index in [0.29, 0.717) is 13.1 Å². The average molecular weight is 382 g/mol. The molecule has 1 aromatic heterocycles. The highest BCUT2D eigenvalue weighted by atomic mass is 32.1. The zero-order valence-corrected chi connectivity index (χ0v) is 16.2. The molecule has 4 nitrogen and oxygen atoms in total. The minimum Gasteiger partial charge on any atom is -0.497 e. The third kappa shape index (κ3) is 5.67. The van der Waals surface area contributed by atoms with Gasteiger partial charge in [-0.3, -0.25) is 4.79 Å². The van der Waals surface area contributed by atoms with Gasteiger partial charge in [-0.1, -0.05) is 48.5 Å². The van der Waals surface area contributed by atoms with Crippen LogP contribution in [-0.2, 0) is 11.2 Å². The fraction of sp³-hybridized carbons (Fsp3) is 0.227. The van der Waals surface area contributed by atoms with Crippen LogP contribution in [0.25, 0.3) is 0 Å². The Morgan fingerprint density at radius 3 is 2.52 bits per heavy atom. The van der Waals surface area contributed by atoms with E-state index in [9.17, 15) is 4.79 Å². The number of thiophene rings is 1. The summed E-state index contributed by atoms with van der Waals surface area (Å²) in [7, 11) is 1.66. The van der Waals surface area contributed by atoms with Gasteiger partial charge >= 0.3 is 0 Å². The van der Waals surface area contributed by atoms with Crippen molar-refractivity contribution in [1.82, 2.24) is 5.32 Å². The highest BCUT2D eigenvalue weighted by Crippen LogP contribution is 2.22. The average Bonchev–Trinajstić information content (AvgIpc) is 3.24. The molecule has 1 amide bonds. The van der Waals surface area contributed by atoms with Gasteiger partial charge in [-0.05, 0) is 35.6 Å². The van der Waals surface area contributed by atoms with Crippen LogP contribution in [0.2, 0.25) is 0 Å². The first kappa shape index (κ1) is 19.1. The molecule has 5 heteroatoms. The van der Waals surface area contributed by atoms with Crippen LogP contribution in [0.3, 0.4) is 0 Å². The van der Waals surface area contributed by atoms with Gasteiger partial charge in [0.2, 0.25) is 0 Å². The first-order chi connectivity index (χ1) is 13.3. The quantitative estimate of drug-likeness (QED) is 0.599. The standard InChI is InChI=1S/C22H24N2O2S/c1-26-19-11-9-17(10-12-19)13-14-23-21(25)16-24-22(20-8-5-15-27-20)18-6-3-2-4-7-18/h2-12,15,22,24H,13-14,16H2,1H3,(H,23,25)/p+1/t22-/m0/s1. The number of hydrogen-bond acceptors (Lipinski definition) is 3. The number of benzene rings is 2. The number of amides is 1. The van der Waals surface area contributed by atoms with Crippen LogP contribution in [0.15, 0.2) is 72.1 Å². The summed E-state index contributed by atoms with van der Waals surface area (Å²) in [6.07, 6.45) is 0.808. The van der Waals surface area contributed by atoms with E-state index in [1.54, 1.807) is 18.4 Å². The van der Waals surface area contributed by atoms with E-state index < -0.39 is 0 Å². The molecule has 0 saturated carbocycles. The van der Waals surface area contributed by atoms with Crippen molar-refractivity contribution >= 4 is 17.2 Å². The number of quaternary nitrogens is 1. The minimum atomic E-state index is 0.0565. The summed E-state index contributed by atoms with van der Waals surface area (Å²) in [5.41, 5.74) is 2.40. The molecule has 0 aliphatic carbocycles. The Bertz CT molecular complexity index is 817. The first-order valence-electron chi connectivity index (χ1n) is 9.07. The normalized spacial score (nSPS) is 11.7. The molecule has 3 N–H and O–H groups in total. The fourth-order valence-electron chi connectivity index (χ4n) is 2.98. The van der Waals surface area contributed by atoms with Crippen molar-refractivity contribution in [2.75, 3.05) is 20.2 Å². The molecule has 3 aromatic rings. The second kappa shape index (κ2) is 9.90. The minimum absolute atomic E-state index is 0.0565. The topological polar surface area (TPSA) is 54.9 Å². The van der Waals surface area contributed by atoms with Gasteiger partial charge in [-0.2, -0.15) is 0 Å². The number of carbonyl (C=O) groups excluding carboxylic acids is 1. The summed E-state index contributed by atoms with van der Waals surface area (Å²) in [4.78, 5) is 13.5. The maximum absolute atomic E-state index is 12.3. The number of ether oxygens (including phenoxy) is 1. The lowest BCUT2D eigenvalue weighted by atomic mass is 10.1. The third-order valence-electron chi connectivity index (χ3n) is 4.44. The Morgan fingerprint density at radius 1 is 1.07 bits per heavy atom. The summed E-state index contributed by atoms with van der Waals surface area (Å²) >= 11 is 1.72. The Hall–Kier alpha value is -2.63. The molecule has 0 saturated heterocycles. The van der Waals surface area contributed by atoms with Crippen molar-refractivity contribution < 1.29 is 14.8 Å². The number of nitrogens with one attached hydrogen (secondary N) is 1. The molecule has 0 aliphatic heterocycles. The van der Waals surface area contributed by atoms with Crippen molar-refractivity contribution in [3.63, 3.8) is 0 Å². The van der Waals surface area contributed by atoms with Crippen LogP contribution in [0.4, 0.5) is 0 Å². The zero-order valence-electron chi connectivity index (χ0n) is 15.4. The van der Waals surface area contributed by atoms with Crippen LogP contribution < -0.4 is 15.4 Å². The molecule has 1 heterocycles. The van der Waals surface area contributed by atoms with E-state index in [1.807, 2.05) is 42.5 Å².